The molecule has 0 spiro atoms. The standard InChI is InChI=1S/C30H31N2OP/c1-2-3-13-21-32-29(33)27(23-31)28-20-22-34(26-18-11-6-12-19-26)30(28,24-14-7-4-8-15-24)25-16-9-5-10-17-25/h4-12,14-19H,2-3,13,20-22H2,1H3,(H,32,33). The van der Waals surface area contributed by atoms with E-state index < -0.39 is 13.1 Å². The van der Waals surface area contributed by atoms with Crippen molar-refractivity contribution in [1.82, 2.24) is 5.32 Å². The molecular weight excluding hydrogens is 435 g/mol. The summed E-state index contributed by atoms with van der Waals surface area (Å²) in [4.78, 5) is 13.3. The number of nitrogens with one attached hydrogen (secondary N) is 1. The monoisotopic (exact) mass is 466 g/mol. The Kier molecular flexibility index (Phi) is 7.94. The van der Waals surface area contributed by atoms with Crippen LogP contribution in [0.15, 0.2) is 102 Å². The van der Waals surface area contributed by atoms with Crippen LogP contribution in [-0.2, 0) is 9.95 Å². The Morgan fingerprint density at radius 2 is 1.47 bits per heavy atom. The van der Waals surface area contributed by atoms with E-state index in [0.29, 0.717) is 6.54 Å². The molecule has 1 unspecified atom stereocenters. The molecule has 1 heterocycles. The summed E-state index contributed by atoms with van der Waals surface area (Å²) < 4.78 is 0. The van der Waals surface area contributed by atoms with E-state index >= 15 is 0 Å². The first-order valence-corrected chi connectivity index (χ1v) is 13.6. The van der Waals surface area contributed by atoms with Gasteiger partial charge in [-0.25, -0.2) is 0 Å². The van der Waals surface area contributed by atoms with Crippen LogP contribution in [0.4, 0.5) is 0 Å². The number of rotatable bonds is 8. The summed E-state index contributed by atoms with van der Waals surface area (Å²) in [6.45, 7) is 2.74. The van der Waals surface area contributed by atoms with Gasteiger partial charge in [0, 0.05) is 6.54 Å². The maximum atomic E-state index is 13.3. The number of allylic oxidation sites excluding steroid dienone is 1. The minimum absolute atomic E-state index is 0.241. The number of unbranched alkanes of at least 4 members (excludes halogenated alkanes) is 2. The van der Waals surface area contributed by atoms with Gasteiger partial charge < -0.3 is 5.32 Å². The van der Waals surface area contributed by atoms with Crippen molar-refractivity contribution in [3.8, 4) is 6.07 Å². The van der Waals surface area contributed by atoms with Crippen molar-refractivity contribution in [1.29, 1.82) is 5.26 Å². The highest BCUT2D eigenvalue weighted by Crippen LogP contribution is 2.69. The molecule has 4 rings (SSSR count). The average molecular weight is 467 g/mol. The lowest BCUT2D eigenvalue weighted by Crippen LogP contribution is -2.32. The maximum Gasteiger partial charge on any atom is 0.261 e. The zero-order valence-corrected chi connectivity index (χ0v) is 20.6. The summed E-state index contributed by atoms with van der Waals surface area (Å²) in [6, 6.07) is 33.9. The molecule has 34 heavy (non-hydrogen) atoms. The van der Waals surface area contributed by atoms with Crippen molar-refractivity contribution >= 4 is 19.1 Å². The number of amides is 1. The van der Waals surface area contributed by atoms with E-state index in [1.807, 2.05) is 18.2 Å². The number of carbonyl (C=O) groups is 1. The SMILES string of the molecule is CCCCCNC(=O)C(C#N)=C1CCP(c2ccccc2)C1(c1ccccc1)c1ccccc1. The number of nitrogens with zero attached hydrogens (tertiary/aromatic N) is 1. The molecule has 3 aromatic rings. The maximum absolute atomic E-state index is 13.3. The van der Waals surface area contributed by atoms with E-state index in [1.54, 1.807) is 0 Å². The van der Waals surface area contributed by atoms with Gasteiger partial charge in [-0.3, -0.25) is 4.79 Å². The molecule has 1 atom stereocenters. The smallest absolute Gasteiger partial charge is 0.261 e. The lowest BCUT2D eigenvalue weighted by Gasteiger charge is -2.39. The lowest BCUT2D eigenvalue weighted by atomic mass is 9.80. The van der Waals surface area contributed by atoms with Crippen molar-refractivity contribution in [3.63, 3.8) is 0 Å². The molecule has 172 valence electrons. The highest BCUT2D eigenvalue weighted by Gasteiger charge is 2.51. The van der Waals surface area contributed by atoms with Gasteiger partial charge >= 0.3 is 0 Å². The molecule has 0 aliphatic carbocycles. The zero-order valence-electron chi connectivity index (χ0n) is 19.7. The molecule has 3 nitrogen and oxygen atoms in total. The van der Waals surface area contributed by atoms with E-state index in [-0.39, 0.29) is 11.5 Å². The first-order valence-electron chi connectivity index (χ1n) is 12.1. The van der Waals surface area contributed by atoms with Gasteiger partial charge in [-0.2, -0.15) is 5.26 Å². The first-order chi connectivity index (χ1) is 16.7. The topological polar surface area (TPSA) is 52.9 Å². The summed E-state index contributed by atoms with van der Waals surface area (Å²) >= 11 is 0. The number of hydrogen-bond donors (Lipinski definition) is 1. The van der Waals surface area contributed by atoms with Gasteiger partial charge in [-0.15, -0.1) is 0 Å². The van der Waals surface area contributed by atoms with Crippen molar-refractivity contribution < 1.29 is 4.79 Å². The average Bonchev–Trinajstić information content (AvgIpc) is 3.29. The second-order valence-corrected chi connectivity index (χ2v) is 11.1. The van der Waals surface area contributed by atoms with Crippen LogP contribution in [0.1, 0.15) is 43.7 Å². The van der Waals surface area contributed by atoms with Gasteiger partial charge in [0.1, 0.15) is 11.6 Å². The van der Waals surface area contributed by atoms with Crippen LogP contribution >= 0.6 is 7.92 Å². The van der Waals surface area contributed by atoms with Gasteiger partial charge in [-0.05, 0) is 41.0 Å². The Morgan fingerprint density at radius 1 is 0.912 bits per heavy atom. The van der Waals surface area contributed by atoms with Gasteiger partial charge in [-0.1, -0.05) is 119 Å². The molecule has 0 radical (unpaired) electrons. The molecule has 1 saturated heterocycles. The predicted molar refractivity (Wildman–Crippen MR) is 141 cm³/mol. The highest BCUT2D eigenvalue weighted by molar-refractivity contribution is 7.67. The van der Waals surface area contributed by atoms with E-state index in [0.717, 1.165) is 48.5 Å². The van der Waals surface area contributed by atoms with Crippen LogP contribution < -0.4 is 10.6 Å². The second-order valence-electron chi connectivity index (χ2n) is 8.61. The molecule has 0 saturated carbocycles. The summed E-state index contributed by atoms with van der Waals surface area (Å²) in [6.07, 6.45) is 4.75. The summed E-state index contributed by atoms with van der Waals surface area (Å²) in [7, 11) is -0.750. The minimum Gasteiger partial charge on any atom is -0.351 e. The molecule has 1 fully saturated rings. The third kappa shape index (κ3) is 4.56. The third-order valence-electron chi connectivity index (χ3n) is 6.58. The van der Waals surface area contributed by atoms with Gasteiger partial charge in [0.05, 0.1) is 5.16 Å². The first kappa shape index (κ1) is 23.9. The van der Waals surface area contributed by atoms with Crippen LogP contribution in [0.2, 0.25) is 0 Å². The van der Waals surface area contributed by atoms with E-state index in [4.69, 9.17) is 0 Å². The Balaban J connectivity index is 1.95. The predicted octanol–water partition coefficient (Wildman–Crippen LogP) is 6.27. The number of nitriles is 1. The largest absolute Gasteiger partial charge is 0.351 e. The Morgan fingerprint density at radius 3 is 2.00 bits per heavy atom. The van der Waals surface area contributed by atoms with Crippen molar-refractivity contribution in [2.75, 3.05) is 12.7 Å². The molecule has 1 aliphatic heterocycles. The number of carbonyl (C=O) groups excluding carboxylic acids is 1. The molecule has 0 bridgehead atoms. The third-order valence-corrected chi connectivity index (χ3v) is 9.77. The van der Waals surface area contributed by atoms with E-state index in [1.165, 1.54) is 5.30 Å². The van der Waals surface area contributed by atoms with Crippen molar-refractivity contribution in [2.45, 2.75) is 37.8 Å². The second kappa shape index (κ2) is 11.3. The molecule has 3 aromatic carbocycles. The fraction of sp³-hybridized carbons (Fsp3) is 0.267. The lowest BCUT2D eigenvalue weighted by molar-refractivity contribution is -0.117. The van der Waals surface area contributed by atoms with E-state index in [2.05, 4.69) is 91.1 Å². The number of hydrogen-bond acceptors (Lipinski definition) is 2. The van der Waals surface area contributed by atoms with Gasteiger partial charge in [0.2, 0.25) is 0 Å². The molecule has 1 aliphatic rings. The van der Waals surface area contributed by atoms with Crippen LogP contribution in [0.5, 0.6) is 0 Å². The highest BCUT2D eigenvalue weighted by atomic mass is 31.1. The summed E-state index contributed by atoms with van der Waals surface area (Å²) in [5.41, 5.74) is 3.53. The Bertz CT molecular complexity index is 1130. The van der Waals surface area contributed by atoms with Crippen LogP contribution in [-0.4, -0.2) is 18.6 Å². The van der Waals surface area contributed by atoms with Crippen LogP contribution in [0, 0.1) is 11.3 Å². The van der Waals surface area contributed by atoms with Crippen molar-refractivity contribution in [3.05, 3.63) is 113 Å². The summed E-state index contributed by atoms with van der Waals surface area (Å²) in [5.74, 6) is -0.241. The van der Waals surface area contributed by atoms with Gasteiger partial charge in [0.25, 0.3) is 5.91 Å². The van der Waals surface area contributed by atoms with Crippen molar-refractivity contribution in [2.24, 2.45) is 0 Å². The molecule has 0 aromatic heterocycles. The Labute approximate surface area is 204 Å². The number of benzene rings is 3. The summed E-state index contributed by atoms with van der Waals surface area (Å²) in [5, 5.41) is 14.1. The molecule has 4 heteroatoms. The fourth-order valence-corrected chi connectivity index (χ4v) is 8.51. The minimum atomic E-state index is -0.750. The quantitative estimate of drug-likeness (QED) is 0.184. The normalized spacial score (nSPS) is 18.2. The van der Waals surface area contributed by atoms with Crippen LogP contribution in [0.3, 0.4) is 0 Å². The molecule has 1 N–H and O–H groups in total. The fourth-order valence-electron chi connectivity index (χ4n) is 5.08. The zero-order chi connectivity index (χ0) is 23.8. The Hall–Kier alpha value is -3.21. The molecular formula is C30H31N2OP. The van der Waals surface area contributed by atoms with Gasteiger partial charge in [0.15, 0.2) is 0 Å². The molecule has 1 amide bonds. The van der Waals surface area contributed by atoms with Crippen LogP contribution in [0.25, 0.3) is 0 Å². The van der Waals surface area contributed by atoms with E-state index in [9.17, 15) is 10.1 Å².